The van der Waals surface area contributed by atoms with Gasteiger partial charge in [-0.3, -0.25) is 0 Å². The van der Waals surface area contributed by atoms with Crippen LogP contribution in [0.5, 0.6) is 11.5 Å². The zero-order chi connectivity index (χ0) is 10.7. The van der Waals surface area contributed by atoms with E-state index in [-0.39, 0.29) is 6.61 Å². The van der Waals surface area contributed by atoms with Gasteiger partial charge in [0, 0.05) is 11.6 Å². The van der Waals surface area contributed by atoms with Crippen LogP contribution in [0.2, 0.25) is 0 Å². The highest BCUT2D eigenvalue weighted by atomic mass is 16.5. The Morgan fingerprint density at radius 1 is 1.53 bits per heavy atom. The number of ether oxygens (including phenoxy) is 2. The second kappa shape index (κ2) is 4.04. The summed E-state index contributed by atoms with van der Waals surface area (Å²) in [5.74, 6) is 0.236. The largest absolute Gasteiger partial charge is 0.489 e. The second-order valence-corrected chi connectivity index (χ2v) is 3.10. The van der Waals surface area contributed by atoms with E-state index in [1.807, 2.05) is 18.2 Å². The third-order valence-electron chi connectivity index (χ3n) is 1.98. The van der Waals surface area contributed by atoms with Crippen molar-refractivity contribution >= 4 is 12.0 Å². The zero-order valence-electron chi connectivity index (χ0n) is 7.97. The SMILES string of the molecule is O=C(O)COc1ccc2c(c1)OCC=C2. The molecule has 0 spiro atoms. The molecule has 0 saturated carbocycles. The molecule has 1 aliphatic heterocycles. The van der Waals surface area contributed by atoms with Gasteiger partial charge >= 0.3 is 5.97 Å². The second-order valence-electron chi connectivity index (χ2n) is 3.10. The first kappa shape index (κ1) is 9.58. The molecule has 1 N–H and O–H groups in total. The smallest absolute Gasteiger partial charge is 0.341 e. The van der Waals surface area contributed by atoms with Gasteiger partial charge in [0.05, 0.1) is 0 Å². The summed E-state index contributed by atoms with van der Waals surface area (Å²) in [7, 11) is 0. The first-order valence-corrected chi connectivity index (χ1v) is 4.54. The van der Waals surface area contributed by atoms with Crippen molar-refractivity contribution in [2.45, 2.75) is 0 Å². The fourth-order valence-corrected chi connectivity index (χ4v) is 1.33. The van der Waals surface area contributed by atoms with Crippen molar-refractivity contribution in [3.05, 3.63) is 29.8 Å². The molecule has 0 radical (unpaired) electrons. The Bertz CT molecular complexity index is 409. The van der Waals surface area contributed by atoms with Crippen molar-refractivity contribution in [3.8, 4) is 11.5 Å². The van der Waals surface area contributed by atoms with Gasteiger partial charge < -0.3 is 14.6 Å². The Morgan fingerprint density at radius 2 is 2.40 bits per heavy atom. The van der Waals surface area contributed by atoms with Crippen molar-refractivity contribution < 1.29 is 19.4 Å². The van der Waals surface area contributed by atoms with Crippen molar-refractivity contribution in [3.63, 3.8) is 0 Å². The maximum absolute atomic E-state index is 10.3. The van der Waals surface area contributed by atoms with Crippen LogP contribution in [-0.4, -0.2) is 24.3 Å². The van der Waals surface area contributed by atoms with E-state index in [1.54, 1.807) is 12.1 Å². The highest BCUT2D eigenvalue weighted by Crippen LogP contribution is 2.28. The predicted molar refractivity (Wildman–Crippen MR) is 54.1 cm³/mol. The Kier molecular flexibility index (Phi) is 2.58. The molecule has 0 amide bonds. The minimum atomic E-state index is -0.992. The number of carbonyl (C=O) groups is 1. The minimum absolute atomic E-state index is 0.339. The maximum atomic E-state index is 10.3. The van der Waals surface area contributed by atoms with E-state index in [9.17, 15) is 4.79 Å². The standard InChI is InChI=1S/C11H10O4/c12-11(13)7-15-9-4-3-8-2-1-5-14-10(8)6-9/h1-4,6H,5,7H2,(H,12,13). The van der Waals surface area contributed by atoms with Crippen molar-refractivity contribution in [1.82, 2.24) is 0 Å². The fraction of sp³-hybridized carbons (Fsp3) is 0.182. The van der Waals surface area contributed by atoms with E-state index >= 15 is 0 Å². The van der Waals surface area contributed by atoms with Gasteiger partial charge in [-0.05, 0) is 18.2 Å². The summed E-state index contributed by atoms with van der Waals surface area (Å²) < 4.78 is 10.4. The van der Waals surface area contributed by atoms with E-state index in [2.05, 4.69) is 0 Å². The number of benzene rings is 1. The van der Waals surface area contributed by atoms with Gasteiger partial charge in [0.2, 0.25) is 0 Å². The van der Waals surface area contributed by atoms with Crippen molar-refractivity contribution in [2.24, 2.45) is 0 Å². The fourth-order valence-electron chi connectivity index (χ4n) is 1.33. The predicted octanol–water partition coefficient (Wildman–Crippen LogP) is 1.56. The quantitative estimate of drug-likeness (QED) is 0.815. The molecular weight excluding hydrogens is 196 g/mol. The molecule has 4 heteroatoms. The van der Waals surface area contributed by atoms with Crippen LogP contribution in [0.3, 0.4) is 0 Å². The van der Waals surface area contributed by atoms with Crippen LogP contribution in [0.1, 0.15) is 5.56 Å². The monoisotopic (exact) mass is 206 g/mol. The topological polar surface area (TPSA) is 55.8 Å². The molecule has 1 aromatic carbocycles. The third-order valence-corrected chi connectivity index (χ3v) is 1.98. The summed E-state index contributed by atoms with van der Waals surface area (Å²) in [4.78, 5) is 10.3. The van der Waals surface area contributed by atoms with E-state index in [1.165, 1.54) is 0 Å². The molecule has 0 unspecified atom stereocenters. The molecule has 1 heterocycles. The normalized spacial score (nSPS) is 12.8. The molecular formula is C11H10O4. The molecule has 15 heavy (non-hydrogen) atoms. The highest BCUT2D eigenvalue weighted by molar-refractivity contribution is 5.68. The van der Waals surface area contributed by atoms with Crippen LogP contribution in [0.15, 0.2) is 24.3 Å². The molecule has 78 valence electrons. The van der Waals surface area contributed by atoms with E-state index in [0.29, 0.717) is 12.4 Å². The maximum Gasteiger partial charge on any atom is 0.341 e. The molecule has 4 nitrogen and oxygen atoms in total. The summed E-state index contributed by atoms with van der Waals surface area (Å²) in [6, 6.07) is 5.25. The molecule has 0 aliphatic carbocycles. The Balaban J connectivity index is 2.14. The number of carboxylic acids is 1. The lowest BCUT2D eigenvalue weighted by Gasteiger charge is -2.13. The number of aliphatic carboxylic acids is 1. The van der Waals surface area contributed by atoms with E-state index in [4.69, 9.17) is 14.6 Å². The van der Waals surface area contributed by atoms with Crippen LogP contribution < -0.4 is 9.47 Å². The lowest BCUT2D eigenvalue weighted by atomic mass is 10.1. The third kappa shape index (κ3) is 2.28. The van der Waals surface area contributed by atoms with Crippen LogP contribution >= 0.6 is 0 Å². The van der Waals surface area contributed by atoms with E-state index in [0.717, 1.165) is 11.3 Å². The lowest BCUT2D eigenvalue weighted by Crippen LogP contribution is -2.09. The number of carboxylic acid groups (broad SMARTS) is 1. The molecule has 1 aliphatic rings. The molecule has 1 aromatic rings. The van der Waals surface area contributed by atoms with Crippen LogP contribution in [-0.2, 0) is 4.79 Å². The average Bonchev–Trinajstić information content (AvgIpc) is 2.26. The summed E-state index contributed by atoms with van der Waals surface area (Å²) >= 11 is 0. The Labute approximate surface area is 86.7 Å². The molecule has 0 bridgehead atoms. The Morgan fingerprint density at radius 3 is 3.20 bits per heavy atom. The summed E-state index contributed by atoms with van der Waals surface area (Å²) in [6.07, 6.45) is 3.87. The van der Waals surface area contributed by atoms with Gasteiger partial charge in [-0.25, -0.2) is 4.79 Å². The van der Waals surface area contributed by atoms with Gasteiger partial charge in [-0.1, -0.05) is 6.08 Å². The van der Waals surface area contributed by atoms with Gasteiger partial charge in [0.15, 0.2) is 6.61 Å². The minimum Gasteiger partial charge on any atom is -0.489 e. The molecule has 0 atom stereocenters. The Hall–Kier alpha value is -1.97. The van der Waals surface area contributed by atoms with Gasteiger partial charge in [0.25, 0.3) is 0 Å². The number of hydrogen-bond donors (Lipinski definition) is 1. The summed E-state index contributed by atoms with van der Waals surface area (Å²) in [5.41, 5.74) is 0.976. The molecule has 2 rings (SSSR count). The molecule has 0 saturated heterocycles. The number of rotatable bonds is 3. The summed E-state index contributed by atoms with van der Waals surface area (Å²) in [5, 5.41) is 8.45. The molecule has 0 fully saturated rings. The first-order chi connectivity index (χ1) is 7.25. The summed E-state index contributed by atoms with van der Waals surface area (Å²) in [6.45, 7) is 0.198. The first-order valence-electron chi connectivity index (χ1n) is 4.54. The zero-order valence-corrected chi connectivity index (χ0v) is 7.97. The van der Waals surface area contributed by atoms with Crippen molar-refractivity contribution in [2.75, 3.05) is 13.2 Å². The molecule has 0 aromatic heterocycles. The van der Waals surface area contributed by atoms with Crippen LogP contribution in [0, 0.1) is 0 Å². The van der Waals surface area contributed by atoms with Gasteiger partial charge in [-0.2, -0.15) is 0 Å². The van der Waals surface area contributed by atoms with Crippen molar-refractivity contribution in [1.29, 1.82) is 0 Å². The average molecular weight is 206 g/mol. The number of fused-ring (bicyclic) bond motifs is 1. The van der Waals surface area contributed by atoms with Gasteiger partial charge in [0.1, 0.15) is 18.1 Å². The van der Waals surface area contributed by atoms with Gasteiger partial charge in [-0.15, -0.1) is 0 Å². The number of hydrogen-bond acceptors (Lipinski definition) is 3. The van der Waals surface area contributed by atoms with Crippen LogP contribution in [0.4, 0.5) is 0 Å². The lowest BCUT2D eigenvalue weighted by molar-refractivity contribution is -0.139. The van der Waals surface area contributed by atoms with E-state index < -0.39 is 5.97 Å². The van der Waals surface area contributed by atoms with Crippen LogP contribution in [0.25, 0.3) is 6.08 Å². The highest BCUT2D eigenvalue weighted by Gasteiger charge is 2.07.